The summed E-state index contributed by atoms with van der Waals surface area (Å²) >= 11 is 5.96. The average Bonchev–Trinajstić information content (AvgIpc) is 2.50. The monoisotopic (exact) mass is 413 g/mol. The molecule has 2 atom stereocenters. The molecule has 5 nitrogen and oxygen atoms in total. The highest BCUT2D eigenvalue weighted by Crippen LogP contribution is 2.25. The zero-order chi connectivity index (χ0) is 20.8. The van der Waals surface area contributed by atoms with Crippen molar-refractivity contribution >= 4 is 31.7 Å². The largest absolute Gasteiger partial charge is 0.466 e. The van der Waals surface area contributed by atoms with Crippen molar-refractivity contribution in [2.24, 2.45) is 5.92 Å². The molecule has 1 aromatic rings. The maximum absolute atomic E-state index is 12.6. The first-order valence-electron chi connectivity index (χ1n) is 9.20. The Morgan fingerprint density at radius 2 is 1.70 bits per heavy atom. The second kappa shape index (κ2) is 9.60. The van der Waals surface area contributed by atoms with Crippen LogP contribution in [0, 0.1) is 5.92 Å². The molecule has 1 unspecified atom stereocenters. The summed E-state index contributed by atoms with van der Waals surface area (Å²) in [6.45, 7) is 14.2. The number of rotatable bonds is 7. The van der Waals surface area contributed by atoms with Crippen LogP contribution in [0.3, 0.4) is 0 Å². The maximum Gasteiger partial charge on any atom is 0.408 e. The van der Waals surface area contributed by atoms with E-state index < -0.39 is 31.7 Å². The normalized spacial score (nSPS) is 14.2. The molecule has 0 bridgehead atoms. The highest BCUT2D eigenvalue weighted by Gasteiger charge is 2.30. The Morgan fingerprint density at radius 3 is 2.19 bits per heavy atom. The topological polar surface area (TPSA) is 64.6 Å². The number of alkyl carbamates (subject to hydrolysis) is 1. The highest BCUT2D eigenvalue weighted by molar-refractivity contribution is 6.76. The van der Waals surface area contributed by atoms with Gasteiger partial charge in [-0.2, -0.15) is 0 Å². The van der Waals surface area contributed by atoms with Crippen molar-refractivity contribution in [1.29, 1.82) is 0 Å². The number of carbonyl (C=O) groups is 2. The van der Waals surface area contributed by atoms with E-state index in [2.05, 4.69) is 25.0 Å². The first-order valence-corrected chi connectivity index (χ1v) is 13.3. The van der Waals surface area contributed by atoms with E-state index in [4.69, 9.17) is 21.1 Å². The van der Waals surface area contributed by atoms with Crippen molar-refractivity contribution in [3.8, 4) is 0 Å². The van der Waals surface area contributed by atoms with Gasteiger partial charge in [0.15, 0.2) is 0 Å². The van der Waals surface area contributed by atoms with E-state index >= 15 is 0 Å². The molecule has 1 N–H and O–H groups in total. The minimum atomic E-state index is -1.29. The Bertz CT molecular complexity index is 635. The van der Waals surface area contributed by atoms with Gasteiger partial charge in [-0.05, 0) is 51.4 Å². The molecule has 152 valence electrons. The fourth-order valence-corrected chi connectivity index (χ4v) is 3.17. The molecule has 0 aliphatic rings. The zero-order valence-corrected chi connectivity index (χ0v) is 19.1. The lowest BCUT2D eigenvalue weighted by Crippen LogP contribution is -2.39. The number of nitrogens with one attached hydrogen (secondary N) is 1. The summed E-state index contributed by atoms with van der Waals surface area (Å²) in [4.78, 5) is 24.8. The first-order chi connectivity index (χ1) is 12.3. The van der Waals surface area contributed by atoms with Crippen LogP contribution in [-0.2, 0) is 14.3 Å². The van der Waals surface area contributed by atoms with Crippen molar-refractivity contribution in [2.75, 3.05) is 6.61 Å². The summed E-state index contributed by atoms with van der Waals surface area (Å²) in [7, 11) is -1.29. The van der Waals surface area contributed by atoms with Crippen LogP contribution < -0.4 is 5.32 Å². The molecule has 0 heterocycles. The van der Waals surface area contributed by atoms with Crippen LogP contribution in [-0.4, -0.2) is 32.3 Å². The van der Waals surface area contributed by atoms with Crippen molar-refractivity contribution in [2.45, 2.75) is 65.0 Å². The van der Waals surface area contributed by atoms with Gasteiger partial charge in [0.2, 0.25) is 0 Å². The van der Waals surface area contributed by atoms with Crippen molar-refractivity contribution in [3.05, 3.63) is 34.9 Å². The average molecular weight is 414 g/mol. The summed E-state index contributed by atoms with van der Waals surface area (Å²) in [6, 6.07) is 7.35. The van der Waals surface area contributed by atoms with Crippen LogP contribution in [0.4, 0.5) is 4.79 Å². The van der Waals surface area contributed by atoms with Gasteiger partial charge in [0.05, 0.1) is 18.6 Å². The second-order valence-electron chi connectivity index (χ2n) is 8.94. The van der Waals surface area contributed by atoms with Gasteiger partial charge in [0.1, 0.15) is 5.60 Å². The Morgan fingerprint density at radius 1 is 1.15 bits per heavy atom. The summed E-state index contributed by atoms with van der Waals surface area (Å²) in [5.41, 5.74) is 0.135. The molecule has 0 aromatic heterocycles. The summed E-state index contributed by atoms with van der Waals surface area (Å²) in [6.07, 6.45) is -0.579. The van der Waals surface area contributed by atoms with E-state index in [1.54, 1.807) is 52.0 Å². The molecule has 0 radical (unpaired) electrons. The molecule has 0 saturated heterocycles. The second-order valence-corrected chi connectivity index (χ2v) is 15.0. The molecule has 1 aromatic carbocycles. The fourth-order valence-electron chi connectivity index (χ4n) is 2.33. The van der Waals surface area contributed by atoms with Crippen LogP contribution in [0.25, 0.3) is 0 Å². The minimum absolute atomic E-state index is 0.343. The predicted octanol–water partition coefficient (Wildman–Crippen LogP) is 5.42. The zero-order valence-electron chi connectivity index (χ0n) is 17.4. The van der Waals surface area contributed by atoms with Crippen LogP contribution >= 0.6 is 11.6 Å². The maximum atomic E-state index is 12.6. The number of hydrogen-bond donors (Lipinski definition) is 1. The van der Waals surface area contributed by atoms with E-state index in [0.717, 1.165) is 11.6 Å². The Hall–Kier alpha value is -1.53. The van der Waals surface area contributed by atoms with Gasteiger partial charge in [0, 0.05) is 13.1 Å². The molecular formula is C20H32ClNO4Si. The van der Waals surface area contributed by atoms with E-state index in [9.17, 15) is 9.59 Å². The standard InChI is InChI=1S/C20H32ClNO4Si/c1-14(18(23)25-12-13-27(5,6)7)17(15-8-10-16(21)11-9-15)22-19(24)26-20(2,3)4/h8-11,14,17H,12-13H2,1-7H3,(H,22,24)/t14-,17?/m0/s1. The SMILES string of the molecule is C[C@H](C(=O)OCC[Si](C)(C)C)C(NC(=O)OC(C)(C)C)c1ccc(Cl)cc1. The van der Waals surface area contributed by atoms with Gasteiger partial charge in [-0.25, -0.2) is 4.79 Å². The van der Waals surface area contributed by atoms with Gasteiger partial charge in [-0.1, -0.05) is 43.4 Å². The number of ether oxygens (including phenoxy) is 2. The number of benzene rings is 1. The third-order valence-corrected chi connectivity index (χ3v) is 5.83. The van der Waals surface area contributed by atoms with Gasteiger partial charge in [-0.15, -0.1) is 0 Å². The Kier molecular flexibility index (Phi) is 8.36. The summed E-state index contributed by atoms with van der Waals surface area (Å²) in [5, 5.41) is 3.38. The third kappa shape index (κ3) is 9.29. The smallest absolute Gasteiger partial charge is 0.408 e. The molecule has 7 heteroatoms. The molecule has 27 heavy (non-hydrogen) atoms. The highest BCUT2D eigenvalue weighted by atomic mass is 35.5. The van der Waals surface area contributed by atoms with E-state index in [1.807, 2.05) is 0 Å². The molecule has 0 saturated carbocycles. The molecule has 0 aliphatic carbocycles. The number of carbonyl (C=O) groups excluding carboxylic acids is 2. The van der Waals surface area contributed by atoms with Crippen molar-refractivity contribution < 1.29 is 19.1 Å². The van der Waals surface area contributed by atoms with E-state index in [0.29, 0.717) is 11.6 Å². The molecule has 0 aliphatic heterocycles. The lowest BCUT2D eigenvalue weighted by molar-refractivity contribution is -0.148. The lowest BCUT2D eigenvalue weighted by Gasteiger charge is -2.27. The van der Waals surface area contributed by atoms with E-state index in [-0.39, 0.29) is 5.97 Å². The van der Waals surface area contributed by atoms with Crippen LogP contribution in [0.15, 0.2) is 24.3 Å². The molecule has 0 spiro atoms. The van der Waals surface area contributed by atoms with Gasteiger partial charge in [0.25, 0.3) is 0 Å². The molecule has 1 rings (SSSR count). The Balaban J connectivity index is 2.90. The molecular weight excluding hydrogens is 382 g/mol. The van der Waals surface area contributed by atoms with Crippen LogP contribution in [0.1, 0.15) is 39.3 Å². The van der Waals surface area contributed by atoms with Crippen molar-refractivity contribution in [1.82, 2.24) is 5.32 Å². The number of halogens is 1. The van der Waals surface area contributed by atoms with Gasteiger partial charge in [-0.3, -0.25) is 4.79 Å². The summed E-state index contributed by atoms with van der Waals surface area (Å²) in [5.74, 6) is -0.912. The van der Waals surface area contributed by atoms with E-state index in [1.165, 1.54) is 0 Å². The van der Waals surface area contributed by atoms with Gasteiger partial charge < -0.3 is 14.8 Å². The number of esters is 1. The number of hydrogen-bond acceptors (Lipinski definition) is 4. The van der Waals surface area contributed by atoms with Gasteiger partial charge >= 0.3 is 12.1 Å². The van der Waals surface area contributed by atoms with Crippen molar-refractivity contribution in [3.63, 3.8) is 0 Å². The van der Waals surface area contributed by atoms with Crippen LogP contribution in [0.5, 0.6) is 0 Å². The predicted molar refractivity (Wildman–Crippen MR) is 112 cm³/mol. The molecule has 1 amide bonds. The third-order valence-electron chi connectivity index (χ3n) is 3.87. The quantitative estimate of drug-likeness (QED) is 0.478. The summed E-state index contributed by atoms with van der Waals surface area (Å²) < 4.78 is 10.8. The minimum Gasteiger partial charge on any atom is -0.466 e. The first kappa shape index (κ1) is 23.5. The lowest BCUT2D eigenvalue weighted by atomic mass is 9.94. The molecule has 0 fully saturated rings. The number of amides is 1. The fraction of sp³-hybridized carbons (Fsp3) is 0.600. The Labute approximate surface area is 168 Å². The van der Waals surface area contributed by atoms with Crippen LogP contribution in [0.2, 0.25) is 30.7 Å².